The van der Waals surface area contributed by atoms with Gasteiger partial charge in [-0.3, -0.25) is 9.36 Å². The predicted molar refractivity (Wildman–Crippen MR) is 144 cm³/mol. The Hall–Kier alpha value is -3.19. The van der Waals surface area contributed by atoms with E-state index in [0.29, 0.717) is 24.3 Å². The minimum absolute atomic E-state index is 0.126. The van der Waals surface area contributed by atoms with Gasteiger partial charge in [-0.2, -0.15) is 0 Å². The average Bonchev–Trinajstić information content (AvgIpc) is 2.89. The lowest BCUT2D eigenvalue weighted by atomic mass is 10.0. The Morgan fingerprint density at radius 2 is 1.78 bits per heavy atom. The van der Waals surface area contributed by atoms with Crippen LogP contribution < -0.4 is 9.28 Å². The Kier molecular flexibility index (Phi) is 9.64. The summed E-state index contributed by atoms with van der Waals surface area (Å²) in [5, 5.41) is 1.71. The number of carbonyl (C=O) groups excluding carboxylic acids is 2. The largest absolute Gasteiger partial charge is 0.469 e. The van der Waals surface area contributed by atoms with E-state index in [2.05, 4.69) is 11.3 Å². The zero-order chi connectivity index (χ0) is 26.1. The second-order valence-electron chi connectivity index (χ2n) is 8.26. The molecule has 1 N–H and O–H groups in total. The number of fused-ring (bicyclic) bond motifs is 1. The van der Waals surface area contributed by atoms with E-state index in [1.54, 1.807) is 49.9 Å². The molecule has 0 heterocycles. The summed E-state index contributed by atoms with van der Waals surface area (Å²) >= 11 is 0. The summed E-state index contributed by atoms with van der Waals surface area (Å²) in [5.41, 5.74) is 0.154. The molecule has 0 aliphatic rings. The molecule has 0 aromatic heterocycles. The second kappa shape index (κ2) is 12.7. The molecule has 0 fully saturated rings. The standard InChI is InChI=1S/C27H31NO6PSi/c1-5-16-32-26(29)23-15-13-21-12-14-22(18-24(21)19-23)20(3)35(31,34-25-10-8-7-9-11-25)28-36(4)27(30)33-17-6-2/h5,7-15,18-20H,1,6,16-17H2,2-4H3,(H,28,31). The zero-order valence-corrected chi connectivity index (χ0v) is 22.6. The van der Waals surface area contributed by atoms with E-state index in [1.807, 2.05) is 37.3 Å². The molecule has 0 aliphatic heterocycles. The van der Waals surface area contributed by atoms with Crippen LogP contribution in [0, 0.1) is 0 Å². The smallest absolute Gasteiger partial charge is 0.338 e. The van der Waals surface area contributed by atoms with Gasteiger partial charge in [-0.15, -0.1) is 0 Å². The molecule has 189 valence electrons. The number of esters is 1. The lowest BCUT2D eigenvalue weighted by molar-refractivity contribution is 0.0550. The van der Waals surface area contributed by atoms with Crippen molar-refractivity contribution in [2.75, 3.05) is 13.2 Å². The fraction of sp³-hybridized carbons (Fsp3) is 0.259. The van der Waals surface area contributed by atoms with Crippen LogP contribution in [0.5, 0.6) is 5.75 Å². The van der Waals surface area contributed by atoms with Gasteiger partial charge in [0.2, 0.25) is 0 Å². The Bertz CT molecular complexity index is 1270. The van der Waals surface area contributed by atoms with Gasteiger partial charge >= 0.3 is 13.5 Å². The Morgan fingerprint density at radius 1 is 1.06 bits per heavy atom. The van der Waals surface area contributed by atoms with Gasteiger partial charge in [0.05, 0.1) is 17.8 Å². The number of hydrogen-bond acceptors (Lipinski definition) is 6. The van der Waals surface area contributed by atoms with Gasteiger partial charge in [-0.05, 0) is 60.5 Å². The van der Waals surface area contributed by atoms with E-state index in [0.717, 1.165) is 16.3 Å². The van der Waals surface area contributed by atoms with Crippen LogP contribution in [0.4, 0.5) is 4.79 Å². The van der Waals surface area contributed by atoms with E-state index in [4.69, 9.17) is 14.0 Å². The van der Waals surface area contributed by atoms with E-state index < -0.39 is 33.7 Å². The molecule has 0 aliphatic carbocycles. The molecule has 9 heteroatoms. The maximum Gasteiger partial charge on any atom is 0.338 e. The number of hydrogen-bond donors (Lipinski definition) is 1. The van der Waals surface area contributed by atoms with E-state index in [-0.39, 0.29) is 6.61 Å². The maximum atomic E-state index is 14.3. The maximum absolute atomic E-state index is 14.3. The number of benzene rings is 3. The number of carbonyl (C=O) groups is 2. The van der Waals surface area contributed by atoms with Crippen LogP contribution in [0.15, 0.2) is 79.4 Å². The third-order valence-electron chi connectivity index (χ3n) is 5.48. The van der Waals surface area contributed by atoms with Gasteiger partial charge < -0.3 is 14.0 Å². The lowest BCUT2D eigenvalue weighted by Gasteiger charge is -2.28. The first-order chi connectivity index (χ1) is 17.3. The van der Waals surface area contributed by atoms with Crippen LogP contribution >= 0.6 is 7.52 Å². The molecule has 2 unspecified atom stereocenters. The van der Waals surface area contributed by atoms with Crippen LogP contribution in [-0.2, 0) is 14.0 Å². The van der Waals surface area contributed by atoms with Crippen LogP contribution in [-0.4, -0.2) is 33.7 Å². The molecule has 2 atom stereocenters. The van der Waals surface area contributed by atoms with Crippen molar-refractivity contribution >= 4 is 38.8 Å². The molecule has 0 bridgehead atoms. The molecule has 0 spiro atoms. The van der Waals surface area contributed by atoms with Gasteiger partial charge in [0, 0.05) is 0 Å². The van der Waals surface area contributed by atoms with E-state index in [9.17, 15) is 14.2 Å². The molecule has 0 amide bonds. The van der Waals surface area contributed by atoms with E-state index >= 15 is 0 Å². The minimum atomic E-state index is -3.63. The van der Waals surface area contributed by atoms with Gasteiger partial charge in [0.1, 0.15) is 12.4 Å². The zero-order valence-electron chi connectivity index (χ0n) is 20.7. The molecular formula is C27H31NO6PSi. The van der Waals surface area contributed by atoms with Crippen molar-refractivity contribution in [2.45, 2.75) is 32.5 Å². The van der Waals surface area contributed by atoms with Crippen molar-refractivity contribution in [3.63, 3.8) is 0 Å². The number of rotatable bonds is 12. The van der Waals surface area contributed by atoms with Crippen molar-refractivity contribution in [1.82, 2.24) is 4.75 Å². The van der Waals surface area contributed by atoms with Gasteiger partial charge in [0.15, 0.2) is 0 Å². The SMILES string of the molecule is C=CCOC(=O)c1ccc2ccc(C(C)P(=O)(N[Si](C)C(=O)OCCC)Oc3ccccc3)cc2c1. The van der Waals surface area contributed by atoms with Crippen LogP contribution in [0.25, 0.3) is 10.8 Å². The van der Waals surface area contributed by atoms with Crippen LogP contribution in [0.2, 0.25) is 6.55 Å². The van der Waals surface area contributed by atoms with Crippen molar-refractivity contribution in [1.29, 1.82) is 0 Å². The molecular weight excluding hydrogens is 493 g/mol. The molecule has 7 nitrogen and oxygen atoms in total. The van der Waals surface area contributed by atoms with Crippen molar-refractivity contribution in [3.05, 3.63) is 90.5 Å². The molecule has 0 saturated heterocycles. The lowest BCUT2D eigenvalue weighted by Crippen LogP contribution is -2.39. The first-order valence-corrected chi connectivity index (χ1v) is 15.4. The van der Waals surface area contributed by atoms with Crippen molar-refractivity contribution in [3.8, 4) is 5.75 Å². The van der Waals surface area contributed by atoms with Gasteiger partial charge in [-0.1, -0.05) is 62.0 Å². The minimum Gasteiger partial charge on any atom is -0.469 e. The molecule has 36 heavy (non-hydrogen) atoms. The van der Waals surface area contributed by atoms with Gasteiger partial charge in [0.25, 0.3) is 14.6 Å². The monoisotopic (exact) mass is 524 g/mol. The summed E-state index contributed by atoms with van der Waals surface area (Å²) in [6.45, 7) is 9.41. The third-order valence-corrected chi connectivity index (χ3v) is 10.6. The van der Waals surface area contributed by atoms with Crippen molar-refractivity contribution in [2.24, 2.45) is 0 Å². The highest BCUT2D eigenvalue weighted by atomic mass is 31.2. The fourth-order valence-corrected chi connectivity index (χ4v) is 8.14. The summed E-state index contributed by atoms with van der Waals surface area (Å²) < 4.78 is 33.8. The second-order valence-corrected chi connectivity index (χ2v) is 13.0. The Balaban J connectivity index is 1.95. The normalized spacial score (nSPS) is 13.6. The summed E-state index contributed by atoms with van der Waals surface area (Å²) in [6, 6.07) is 19.8. The topological polar surface area (TPSA) is 90.9 Å². The summed E-state index contributed by atoms with van der Waals surface area (Å²) in [4.78, 5) is 24.8. The Labute approximate surface area is 213 Å². The molecule has 3 aromatic carbocycles. The van der Waals surface area contributed by atoms with Gasteiger partial charge in [-0.25, -0.2) is 9.55 Å². The molecule has 3 aromatic rings. The summed E-state index contributed by atoms with van der Waals surface area (Å²) in [7, 11) is -5.63. The summed E-state index contributed by atoms with van der Waals surface area (Å²) in [6.07, 6.45) is 2.22. The quantitative estimate of drug-likeness (QED) is 0.120. The highest BCUT2D eigenvalue weighted by Gasteiger charge is 2.38. The first-order valence-electron chi connectivity index (χ1n) is 11.7. The Morgan fingerprint density at radius 3 is 2.47 bits per heavy atom. The highest BCUT2D eigenvalue weighted by molar-refractivity contribution is 7.60. The number of para-hydroxylation sites is 1. The third kappa shape index (κ3) is 6.94. The number of ether oxygens (including phenoxy) is 2. The molecule has 1 radical (unpaired) electrons. The van der Waals surface area contributed by atoms with Crippen LogP contribution in [0.3, 0.4) is 0 Å². The fourth-order valence-electron chi connectivity index (χ4n) is 3.49. The average molecular weight is 525 g/mol. The van der Waals surface area contributed by atoms with E-state index in [1.165, 1.54) is 6.08 Å². The summed E-state index contributed by atoms with van der Waals surface area (Å²) in [5.74, 6) is -0.0104. The van der Waals surface area contributed by atoms with Crippen LogP contribution in [0.1, 0.15) is 41.8 Å². The molecule has 0 saturated carbocycles. The van der Waals surface area contributed by atoms with Crippen molar-refractivity contribution < 1.29 is 28.2 Å². The first kappa shape index (κ1) is 27.4. The molecule has 3 rings (SSSR count). The predicted octanol–water partition coefficient (Wildman–Crippen LogP) is 6.85. The highest BCUT2D eigenvalue weighted by Crippen LogP contribution is 2.56. The number of nitrogens with one attached hydrogen (secondary N) is 1.